The highest BCUT2D eigenvalue weighted by Crippen LogP contribution is 2.31. The van der Waals surface area contributed by atoms with Gasteiger partial charge in [0.2, 0.25) is 5.82 Å². The van der Waals surface area contributed by atoms with Crippen LogP contribution >= 0.6 is 11.5 Å². The highest BCUT2D eigenvalue weighted by atomic mass is 32.1. The number of carboxylic acid groups (broad SMARTS) is 1. The number of rotatable bonds is 4. The molecule has 0 aromatic carbocycles. The maximum Gasteiger partial charge on any atom is 0.452 e. The molecule has 0 spiro atoms. The molecule has 1 heterocycles. The van der Waals surface area contributed by atoms with Gasteiger partial charge in [-0.2, -0.15) is 17.5 Å². The van der Waals surface area contributed by atoms with Crippen molar-refractivity contribution in [3.05, 3.63) is 10.8 Å². The van der Waals surface area contributed by atoms with Gasteiger partial charge >= 0.3 is 12.1 Å². The predicted octanol–water partition coefficient (Wildman–Crippen LogP) is 2.77. The molecule has 1 unspecified atom stereocenters. The van der Waals surface area contributed by atoms with Gasteiger partial charge < -0.3 is 5.11 Å². The first kappa shape index (κ1) is 13.9. The van der Waals surface area contributed by atoms with Gasteiger partial charge in [0.05, 0.1) is 0 Å². The summed E-state index contributed by atoms with van der Waals surface area (Å²) in [5.41, 5.74) is 0. The van der Waals surface area contributed by atoms with Gasteiger partial charge in [-0.3, -0.25) is 4.79 Å². The fourth-order valence-electron chi connectivity index (χ4n) is 1.27. The quantitative estimate of drug-likeness (QED) is 0.912. The van der Waals surface area contributed by atoms with E-state index >= 15 is 0 Å². The summed E-state index contributed by atoms with van der Waals surface area (Å²) in [7, 11) is 0. The summed E-state index contributed by atoms with van der Waals surface area (Å²) < 4.78 is 39.9. The smallest absolute Gasteiger partial charge is 0.452 e. The van der Waals surface area contributed by atoms with Crippen LogP contribution in [0.1, 0.15) is 37.0 Å². The van der Waals surface area contributed by atoms with Crippen molar-refractivity contribution in [2.45, 2.75) is 32.4 Å². The largest absolute Gasteiger partial charge is 0.481 e. The van der Waals surface area contributed by atoms with Crippen molar-refractivity contribution in [1.29, 1.82) is 0 Å². The Morgan fingerprint density at radius 1 is 1.47 bits per heavy atom. The third kappa shape index (κ3) is 3.65. The normalized spacial score (nSPS) is 14.0. The standard InChI is InChI=1S/C9H11F3N2O2S/c1-4(2)3-5(7(15)16)6-13-8(14-17-6)9(10,11)12/h4-5H,3H2,1-2H3,(H,15,16). The Labute approximate surface area is 99.7 Å². The Morgan fingerprint density at radius 2 is 2.06 bits per heavy atom. The van der Waals surface area contributed by atoms with Crippen molar-refractivity contribution in [3.8, 4) is 0 Å². The summed E-state index contributed by atoms with van der Waals surface area (Å²) in [5.74, 6) is -3.42. The summed E-state index contributed by atoms with van der Waals surface area (Å²) in [6.45, 7) is 3.59. The van der Waals surface area contributed by atoms with Gasteiger partial charge in [0, 0.05) is 0 Å². The molecule has 0 saturated carbocycles. The van der Waals surface area contributed by atoms with Gasteiger partial charge in [0.1, 0.15) is 10.9 Å². The number of carboxylic acids is 1. The highest BCUT2D eigenvalue weighted by molar-refractivity contribution is 7.05. The molecule has 4 nitrogen and oxygen atoms in total. The van der Waals surface area contributed by atoms with Crippen LogP contribution < -0.4 is 0 Å². The van der Waals surface area contributed by atoms with E-state index in [1.165, 1.54) is 0 Å². The van der Waals surface area contributed by atoms with E-state index in [9.17, 15) is 18.0 Å². The second-order valence-corrected chi connectivity index (χ2v) is 4.76. The Bertz CT molecular complexity index is 403. The molecule has 8 heteroatoms. The van der Waals surface area contributed by atoms with Crippen LogP contribution in [-0.4, -0.2) is 20.4 Å². The molecule has 0 saturated heterocycles. The van der Waals surface area contributed by atoms with Gasteiger partial charge in [0.25, 0.3) is 0 Å². The number of aliphatic carboxylic acids is 1. The first-order chi connectivity index (χ1) is 7.71. The van der Waals surface area contributed by atoms with Gasteiger partial charge in [-0.05, 0) is 23.9 Å². The Balaban J connectivity index is 2.96. The van der Waals surface area contributed by atoms with Crippen LogP contribution in [0.3, 0.4) is 0 Å². The van der Waals surface area contributed by atoms with E-state index < -0.39 is 23.9 Å². The Kier molecular flexibility index (Phi) is 4.07. The minimum atomic E-state index is -4.63. The topological polar surface area (TPSA) is 63.1 Å². The number of carbonyl (C=O) groups is 1. The molecular formula is C9H11F3N2O2S. The third-order valence-corrected chi connectivity index (χ3v) is 2.83. The van der Waals surface area contributed by atoms with Crippen molar-refractivity contribution < 1.29 is 23.1 Å². The Morgan fingerprint density at radius 3 is 2.41 bits per heavy atom. The first-order valence-electron chi connectivity index (χ1n) is 4.85. The lowest BCUT2D eigenvalue weighted by Gasteiger charge is -2.10. The van der Waals surface area contributed by atoms with Crippen LogP contribution in [0.2, 0.25) is 0 Å². The summed E-state index contributed by atoms with van der Waals surface area (Å²) >= 11 is 0.493. The summed E-state index contributed by atoms with van der Waals surface area (Å²) in [6, 6.07) is 0. The van der Waals surface area contributed by atoms with E-state index in [4.69, 9.17) is 5.11 Å². The number of hydrogen-bond donors (Lipinski definition) is 1. The first-order valence-corrected chi connectivity index (χ1v) is 5.62. The summed E-state index contributed by atoms with van der Waals surface area (Å²) in [4.78, 5) is 14.2. The van der Waals surface area contributed by atoms with E-state index in [1.807, 2.05) is 0 Å². The molecule has 0 radical (unpaired) electrons. The maximum absolute atomic E-state index is 12.3. The molecule has 1 atom stereocenters. The maximum atomic E-state index is 12.3. The molecule has 96 valence electrons. The highest BCUT2D eigenvalue weighted by Gasteiger charge is 2.37. The van der Waals surface area contributed by atoms with Crippen LogP contribution in [0, 0.1) is 5.92 Å². The zero-order valence-corrected chi connectivity index (χ0v) is 9.97. The van der Waals surface area contributed by atoms with Crippen molar-refractivity contribution in [1.82, 2.24) is 9.36 Å². The SMILES string of the molecule is CC(C)CC(C(=O)O)c1nc(C(F)(F)F)ns1. The molecule has 0 aliphatic rings. The average Bonchev–Trinajstić information content (AvgIpc) is 2.60. The number of hydrogen-bond acceptors (Lipinski definition) is 4. The van der Waals surface area contributed by atoms with Crippen molar-refractivity contribution in [2.75, 3.05) is 0 Å². The molecule has 0 aliphatic heterocycles. The van der Waals surface area contributed by atoms with Crippen LogP contribution in [0.4, 0.5) is 13.2 Å². The van der Waals surface area contributed by atoms with Crippen molar-refractivity contribution >= 4 is 17.5 Å². The van der Waals surface area contributed by atoms with Crippen LogP contribution in [-0.2, 0) is 11.0 Å². The lowest BCUT2D eigenvalue weighted by Crippen LogP contribution is -2.15. The van der Waals surface area contributed by atoms with Gasteiger partial charge in [-0.15, -0.1) is 0 Å². The van der Waals surface area contributed by atoms with E-state index in [2.05, 4.69) is 9.36 Å². The summed E-state index contributed by atoms with van der Waals surface area (Å²) in [5, 5.41) is 8.85. The number of nitrogens with zero attached hydrogens (tertiary/aromatic N) is 2. The number of aromatic nitrogens is 2. The average molecular weight is 268 g/mol. The number of alkyl halides is 3. The van der Waals surface area contributed by atoms with Crippen LogP contribution in [0.25, 0.3) is 0 Å². The monoisotopic (exact) mass is 268 g/mol. The number of halogens is 3. The zero-order valence-electron chi connectivity index (χ0n) is 9.15. The molecule has 17 heavy (non-hydrogen) atoms. The Hall–Kier alpha value is -1.18. The molecular weight excluding hydrogens is 257 g/mol. The van der Waals surface area contributed by atoms with Gasteiger partial charge in [0.15, 0.2) is 0 Å². The molecule has 1 N–H and O–H groups in total. The fraction of sp³-hybridized carbons (Fsp3) is 0.667. The van der Waals surface area contributed by atoms with Crippen LogP contribution in [0.15, 0.2) is 0 Å². The summed E-state index contributed by atoms with van der Waals surface area (Å²) in [6.07, 6.45) is -4.39. The molecule has 1 aromatic heterocycles. The minimum Gasteiger partial charge on any atom is -0.481 e. The fourth-order valence-corrected chi connectivity index (χ4v) is 2.05. The van der Waals surface area contributed by atoms with Crippen molar-refractivity contribution in [3.63, 3.8) is 0 Å². The second-order valence-electron chi connectivity index (χ2n) is 3.97. The lowest BCUT2D eigenvalue weighted by atomic mass is 9.98. The minimum absolute atomic E-state index is 0.0503. The molecule has 0 aliphatic carbocycles. The molecule has 1 rings (SSSR count). The van der Waals surface area contributed by atoms with E-state index in [-0.39, 0.29) is 17.3 Å². The molecule has 1 aromatic rings. The molecule has 0 fully saturated rings. The zero-order chi connectivity index (χ0) is 13.2. The predicted molar refractivity (Wildman–Crippen MR) is 54.7 cm³/mol. The van der Waals surface area contributed by atoms with E-state index in [0.29, 0.717) is 11.5 Å². The lowest BCUT2D eigenvalue weighted by molar-refractivity contribution is -0.145. The second kappa shape index (κ2) is 4.99. The van der Waals surface area contributed by atoms with E-state index in [0.717, 1.165) is 0 Å². The molecule has 0 bridgehead atoms. The van der Waals surface area contributed by atoms with Gasteiger partial charge in [-0.25, -0.2) is 4.98 Å². The van der Waals surface area contributed by atoms with Gasteiger partial charge in [-0.1, -0.05) is 13.8 Å². The van der Waals surface area contributed by atoms with E-state index in [1.54, 1.807) is 13.8 Å². The molecule has 0 amide bonds. The van der Waals surface area contributed by atoms with Crippen LogP contribution in [0.5, 0.6) is 0 Å². The van der Waals surface area contributed by atoms with Crippen molar-refractivity contribution in [2.24, 2.45) is 5.92 Å². The third-order valence-electron chi connectivity index (χ3n) is 2.00.